The lowest BCUT2D eigenvalue weighted by Crippen LogP contribution is -1.80. The van der Waals surface area contributed by atoms with Crippen LogP contribution >= 0.6 is 15.9 Å². The predicted octanol–water partition coefficient (Wildman–Crippen LogP) is 7.35. The van der Waals surface area contributed by atoms with Crippen molar-refractivity contribution in [3.8, 4) is 0 Å². The highest BCUT2D eigenvalue weighted by molar-refractivity contribution is 9.09. The number of rotatable bonds is 14. The molecule has 0 aliphatic heterocycles. The summed E-state index contributed by atoms with van der Waals surface area (Å²) in [5.74, 6) is 0. The molecule has 0 N–H and O–H groups in total. The van der Waals surface area contributed by atoms with Gasteiger partial charge >= 0.3 is 0 Å². The van der Waals surface area contributed by atoms with E-state index in [1.807, 2.05) is 0 Å². The molecule has 0 saturated carbocycles. The highest BCUT2D eigenvalue weighted by atomic mass is 79.9. The quantitative estimate of drug-likeness (QED) is 0.134. The van der Waals surface area contributed by atoms with Gasteiger partial charge in [0.25, 0.3) is 0 Å². The van der Waals surface area contributed by atoms with Crippen LogP contribution in [0.4, 0.5) is 0 Å². The highest BCUT2D eigenvalue weighted by Gasteiger charge is 1.90. The van der Waals surface area contributed by atoms with Gasteiger partial charge in [-0.3, -0.25) is 0 Å². The average molecular weight is 341 g/mol. The molecular weight excluding hydrogens is 308 g/mol. The van der Waals surface area contributed by atoms with Crippen molar-refractivity contribution in [1.29, 1.82) is 0 Å². The number of hydrogen-bond donors (Lipinski definition) is 0. The lowest BCUT2D eigenvalue weighted by atomic mass is 10.1. The summed E-state index contributed by atoms with van der Waals surface area (Å²) in [5, 5.41) is 1.03. The van der Waals surface area contributed by atoms with Gasteiger partial charge < -0.3 is 0 Å². The molecule has 0 aliphatic carbocycles. The third-order valence-corrected chi connectivity index (χ3v) is 3.84. The molecule has 0 aliphatic rings. The van der Waals surface area contributed by atoms with Crippen molar-refractivity contribution in [3.05, 3.63) is 30.0 Å². The molecule has 0 rings (SSSR count). The Balaban J connectivity index is 3.17. The largest absolute Gasteiger partial charge is 0.129 e. The molecule has 0 amide bonds. The normalized spacial score (nSPS) is 10.7. The summed E-state index contributed by atoms with van der Waals surface area (Å²) in [7, 11) is 0. The van der Waals surface area contributed by atoms with E-state index in [0.717, 1.165) is 18.2 Å². The van der Waals surface area contributed by atoms with Gasteiger partial charge in [-0.05, 0) is 37.8 Å². The van der Waals surface area contributed by atoms with Crippen LogP contribution in [-0.4, -0.2) is 5.33 Å². The van der Waals surface area contributed by atoms with Crippen LogP contribution in [0.3, 0.4) is 0 Å². The maximum Gasteiger partial charge on any atom is 0.00719 e. The summed E-state index contributed by atoms with van der Waals surface area (Å²) in [5.41, 5.74) is 3.19. The summed E-state index contributed by atoms with van der Waals surface area (Å²) >= 11 is 3.39. The Morgan fingerprint density at radius 3 is 2.05 bits per heavy atom. The van der Waals surface area contributed by atoms with Gasteiger partial charge in [0.2, 0.25) is 0 Å². The van der Waals surface area contributed by atoms with Gasteiger partial charge in [0.1, 0.15) is 0 Å². The Bertz CT molecular complexity index is 259. The van der Waals surface area contributed by atoms with Gasteiger partial charge in [-0.15, -0.1) is 5.73 Å². The molecule has 0 aromatic heterocycles. The Hall–Kier alpha value is -0.260. The molecule has 20 heavy (non-hydrogen) atoms. The zero-order chi connectivity index (χ0) is 14.7. The average Bonchev–Trinajstić information content (AvgIpc) is 2.47. The summed E-state index contributed by atoms with van der Waals surface area (Å²) in [6.45, 7) is 2.28. The van der Waals surface area contributed by atoms with Crippen molar-refractivity contribution in [1.82, 2.24) is 0 Å². The van der Waals surface area contributed by atoms with E-state index in [0.29, 0.717) is 0 Å². The fourth-order valence-electron chi connectivity index (χ4n) is 2.14. The van der Waals surface area contributed by atoms with Crippen LogP contribution < -0.4 is 0 Å². The molecule has 0 bridgehead atoms. The summed E-state index contributed by atoms with van der Waals surface area (Å²) in [6, 6.07) is 0. The van der Waals surface area contributed by atoms with Crippen molar-refractivity contribution in [3.63, 3.8) is 0 Å². The van der Waals surface area contributed by atoms with Crippen molar-refractivity contribution in [2.45, 2.75) is 84.0 Å². The van der Waals surface area contributed by atoms with E-state index in [2.05, 4.69) is 52.9 Å². The predicted molar refractivity (Wildman–Crippen MR) is 96.7 cm³/mol. The van der Waals surface area contributed by atoms with Crippen LogP contribution in [0.1, 0.15) is 84.0 Å². The lowest BCUT2D eigenvalue weighted by Gasteiger charge is -2.00. The molecule has 0 aromatic carbocycles. The molecule has 0 saturated heterocycles. The van der Waals surface area contributed by atoms with Gasteiger partial charge in [0.15, 0.2) is 0 Å². The molecule has 1 heteroatoms. The monoisotopic (exact) mass is 340 g/mol. The molecule has 0 aromatic rings. The number of alkyl halides is 1. The zero-order valence-electron chi connectivity index (χ0n) is 13.4. The van der Waals surface area contributed by atoms with Crippen LogP contribution in [0.5, 0.6) is 0 Å². The fourth-order valence-corrected chi connectivity index (χ4v) is 2.37. The molecule has 0 heterocycles. The third kappa shape index (κ3) is 17.7. The van der Waals surface area contributed by atoms with Crippen molar-refractivity contribution < 1.29 is 0 Å². The second kappa shape index (κ2) is 18.7. The maximum absolute atomic E-state index is 3.39. The first-order valence-corrected chi connectivity index (χ1v) is 9.64. The summed E-state index contributed by atoms with van der Waals surface area (Å²) < 4.78 is 0. The van der Waals surface area contributed by atoms with Gasteiger partial charge in [0.05, 0.1) is 0 Å². The van der Waals surface area contributed by atoms with E-state index in [9.17, 15) is 0 Å². The van der Waals surface area contributed by atoms with Crippen molar-refractivity contribution in [2.24, 2.45) is 0 Å². The first-order chi connectivity index (χ1) is 9.91. The van der Waals surface area contributed by atoms with E-state index in [-0.39, 0.29) is 0 Å². The Labute approximate surface area is 135 Å². The minimum atomic E-state index is 1.02. The molecule has 0 fully saturated rings. The number of unbranched alkanes of at least 4 members (excludes halogenated alkanes) is 9. The number of halogens is 1. The van der Waals surface area contributed by atoms with Crippen molar-refractivity contribution in [2.75, 3.05) is 5.33 Å². The number of hydrogen-bond acceptors (Lipinski definition) is 0. The van der Waals surface area contributed by atoms with E-state index >= 15 is 0 Å². The molecule has 0 spiro atoms. The zero-order valence-corrected chi connectivity index (χ0v) is 15.0. The highest BCUT2D eigenvalue weighted by Crippen LogP contribution is 2.10. The van der Waals surface area contributed by atoms with Crippen LogP contribution in [-0.2, 0) is 0 Å². The maximum atomic E-state index is 3.39. The van der Waals surface area contributed by atoms with Gasteiger partial charge in [0, 0.05) is 5.33 Å². The topological polar surface area (TPSA) is 0 Å². The SMILES string of the molecule is CCCCCCCCCCCC=CCC=C=CCCBr. The smallest absolute Gasteiger partial charge is 0.00719 e. The number of allylic oxidation sites excluding steroid dienone is 3. The second-order valence-electron chi connectivity index (χ2n) is 5.38. The molecule has 0 unspecified atom stereocenters. The van der Waals surface area contributed by atoms with E-state index in [1.54, 1.807) is 0 Å². The molecular formula is C19H33Br. The van der Waals surface area contributed by atoms with Crippen LogP contribution in [0.25, 0.3) is 0 Å². The Morgan fingerprint density at radius 1 is 0.750 bits per heavy atom. The van der Waals surface area contributed by atoms with E-state index in [4.69, 9.17) is 0 Å². The van der Waals surface area contributed by atoms with Crippen LogP contribution in [0, 0.1) is 0 Å². The summed E-state index contributed by atoms with van der Waals surface area (Å²) in [6.07, 6.45) is 24.8. The third-order valence-electron chi connectivity index (χ3n) is 3.38. The standard InChI is InChI=1S/C19H33Br/c1-2-3-4-5-6-7-8-9-10-11-12-13-14-15-16-17-18-19-20/h12-13,15,17H,2-11,14,18-19H2,1H3. The minimum Gasteiger partial charge on any atom is -0.129 e. The second-order valence-corrected chi connectivity index (χ2v) is 6.17. The summed E-state index contributed by atoms with van der Waals surface area (Å²) in [4.78, 5) is 0. The Morgan fingerprint density at radius 2 is 1.40 bits per heavy atom. The molecule has 0 nitrogen and oxygen atoms in total. The fraction of sp³-hybridized carbons (Fsp3) is 0.737. The first kappa shape index (κ1) is 19.7. The van der Waals surface area contributed by atoms with Gasteiger partial charge in [-0.25, -0.2) is 0 Å². The van der Waals surface area contributed by atoms with E-state index < -0.39 is 0 Å². The van der Waals surface area contributed by atoms with Crippen LogP contribution in [0.2, 0.25) is 0 Å². The lowest BCUT2D eigenvalue weighted by molar-refractivity contribution is 0.566. The van der Waals surface area contributed by atoms with Crippen LogP contribution in [0.15, 0.2) is 30.0 Å². The van der Waals surface area contributed by atoms with Crippen molar-refractivity contribution >= 4 is 15.9 Å². The minimum absolute atomic E-state index is 1.02. The molecule has 0 radical (unpaired) electrons. The molecule has 0 atom stereocenters. The van der Waals surface area contributed by atoms with E-state index in [1.165, 1.54) is 64.2 Å². The van der Waals surface area contributed by atoms with Gasteiger partial charge in [-0.2, -0.15) is 0 Å². The molecule has 116 valence electrons. The first-order valence-electron chi connectivity index (χ1n) is 8.52. The Kier molecular flexibility index (Phi) is 18.5. The van der Waals surface area contributed by atoms with Gasteiger partial charge in [-0.1, -0.05) is 86.4 Å².